The molecular formula is C16H21BrN2O2. The third kappa shape index (κ3) is 4.84. The normalized spacial score (nSPS) is 18.4. The Balaban J connectivity index is 1.74. The highest BCUT2D eigenvalue weighted by Crippen LogP contribution is 2.16. The number of benzene rings is 1. The molecule has 1 atom stereocenters. The van der Waals surface area contributed by atoms with Crippen molar-refractivity contribution in [2.75, 3.05) is 19.6 Å². The van der Waals surface area contributed by atoms with Crippen LogP contribution in [0.4, 0.5) is 0 Å². The molecule has 0 saturated carbocycles. The van der Waals surface area contributed by atoms with Crippen LogP contribution in [-0.2, 0) is 4.79 Å². The third-order valence-corrected chi connectivity index (χ3v) is 4.27. The van der Waals surface area contributed by atoms with Gasteiger partial charge in [-0.25, -0.2) is 0 Å². The molecule has 1 aliphatic heterocycles. The van der Waals surface area contributed by atoms with E-state index in [4.69, 9.17) is 0 Å². The van der Waals surface area contributed by atoms with E-state index in [0.717, 1.165) is 24.0 Å². The maximum Gasteiger partial charge on any atom is 0.251 e. The van der Waals surface area contributed by atoms with Crippen molar-refractivity contribution in [1.82, 2.24) is 10.2 Å². The smallest absolute Gasteiger partial charge is 0.251 e. The Hall–Kier alpha value is -1.36. The SMILES string of the molecule is C[C@@H]1CCCN(C(=O)CCNC(=O)c2ccc(Br)cc2)C1. The van der Waals surface area contributed by atoms with Crippen molar-refractivity contribution in [2.24, 2.45) is 5.92 Å². The maximum absolute atomic E-state index is 12.1. The molecule has 2 amide bonds. The highest BCUT2D eigenvalue weighted by atomic mass is 79.9. The Bertz CT molecular complexity index is 502. The highest BCUT2D eigenvalue weighted by molar-refractivity contribution is 9.10. The molecule has 1 heterocycles. The van der Waals surface area contributed by atoms with Gasteiger partial charge in [-0.1, -0.05) is 22.9 Å². The average molecular weight is 353 g/mol. The summed E-state index contributed by atoms with van der Waals surface area (Å²) in [6.07, 6.45) is 2.65. The lowest BCUT2D eigenvalue weighted by atomic mass is 10.00. The summed E-state index contributed by atoms with van der Waals surface area (Å²) in [4.78, 5) is 25.9. The Morgan fingerprint density at radius 2 is 2.05 bits per heavy atom. The van der Waals surface area contributed by atoms with E-state index in [1.807, 2.05) is 17.0 Å². The molecule has 1 fully saturated rings. The van der Waals surface area contributed by atoms with Crippen LogP contribution in [0.25, 0.3) is 0 Å². The number of rotatable bonds is 4. The minimum atomic E-state index is -0.137. The van der Waals surface area contributed by atoms with E-state index < -0.39 is 0 Å². The van der Waals surface area contributed by atoms with E-state index in [0.29, 0.717) is 24.4 Å². The van der Waals surface area contributed by atoms with E-state index in [1.54, 1.807) is 12.1 Å². The largest absolute Gasteiger partial charge is 0.352 e. The number of carbonyl (C=O) groups excluding carboxylic acids is 2. The highest BCUT2D eigenvalue weighted by Gasteiger charge is 2.20. The third-order valence-electron chi connectivity index (χ3n) is 3.74. The molecule has 4 nitrogen and oxygen atoms in total. The van der Waals surface area contributed by atoms with E-state index in [-0.39, 0.29) is 11.8 Å². The van der Waals surface area contributed by atoms with Crippen LogP contribution in [0.2, 0.25) is 0 Å². The second kappa shape index (κ2) is 7.59. The van der Waals surface area contributed by atoms with Crippen molar-refractivity contribution >= 4 is 27.7 Å². The summed E-state index contributed by atoms with van der Waals surface area (Å²) in [5, 5.41) is 2.80. The average Bonchev–Trinajstić information content (AvgIpc) is 2.47. The molecule has 1 aliphatic rings. The van der Waals surface area contributed by atoms with E-state index in [9.17, 15) is 9.59 Å². The van der Waals surface area contributed by atoms with Gasteiger partial charge in [-0.15, -0.1) is 0 Å². The molecule has 0 spiro atoms. The summed E-state index contributed by atoms with van der Waals surface area (Å²) in [5.74, 6) is 0.583. The van der Waals surface area contributed by atoms with Crippen LogP contribution in [-0.4, -0.2) is 36.3 Å². The Morgan fingerprint density at radius 3 is 2.71 bits per heavy atom. The van der Waals surface area contributed by atoms with Gasteiger partial charge in [0.1, 0.15) is 0 Å². The number of hydrogen-bond acceptors (Lipinski definition) is 2. The van der Waals surface area contributed by atoms with Crippen molar-refractivity contribution in [3.63, 3.8) is 0 Å². The molecule has 1 N–H and O–H groups in total. The number of nitrogens with zero attached hydrogens (tertiary/aromatic N) is 1. The lowest BCUT2D eigenvalue weighted by Gasteiger charge is -2.31. The topological polar surface area (TPSA) is 49.4 Å². The number of hydrogen-bond donors (Lipinski definition) is 1. The standard InChI is InChI=1S/C16H21BrN2O2/c1-12-3-2-10-19(11-12)15(20)8-9-18-16(21)13-4-6-14(17)7-5-13/h4-7,12H,2-3,8-11H2,1H3,(H,18,21)/t12-/m1/s1. The summed E-state index contributed by atoms with van der Waals surface area (Å²) >= 11 is 3.33. The first-order valence-electron chi connectivity index (χ1n) is 7.38. The van der Waals surface area contributed by atoms with Gasteiger partial charge in [0.15, 0.2) is 0 Å². The summed E-state index contributed by atoms with van der Waals surface area (Å²) < 4.78 is 0.938. The number of carbonyl (C=O) groups is 2. The predicted octanol–water partition coefficient (Wildman–Crippen LogP) is 2.83. The van der Waals surface area contributed by atoms with Crippen LogP contribution in [0, 0.1) is 5.92 Å². The molecule has 2 rings (SSSR count). The van der Waals surface area contributed by atoms with Crippen LogP contribution in [0.5, 0.6) is 0 Å². The molecule has 0 radical (unpaired) electrons. The predicted molar refractivity (Wildman–Crippen MR) is 86.1 cm³/mol. The van der Waals surface area contributed by atoms with Gasteiger partial charge in [-0.05, 0) is 43.0 Å². The molecule has 1 aromatic rings. The molecule has 0 unspecified atom stereocenters. The maximum atomic E-state index is 12.1. The van der Waals surface area contributed by atoms with Gasteiger partial charge in [0.2, 0.25) is 5.91 Å². The van der Waals surface area contributed by atoms with E-state index in [2.05, 4.69) is 28.2 Å². The van der Waals surface area contributed by atoms with Crippen molar-refractivity contribution in [2.45, 2.75) is 26.2 Å². The Labute approximate surface area is 134 Å². The Morgan fingerprint density at radius 1 is 1.33 bits per heavy atom. The van der Waals surface area contributed by atoms with Gasteiger partial charge in [-0.2, -0.15) is 0 Å². The molecule has 114 valence electrons. The molecule has 5 heteroatoms. The van der Waals surface area contributed by atoms with Crippen molar-refractivity contribution in [3.05, 3.63) is 34.3 Å². The fraction of sp³-hybridized carbons (Fsp3) is 0.500. The van der Waals surface area contributed by atoms with Crippen LogP contribution < -0.4 is 5.32 Å². The van der Waals surface area contributed by atoms with Gasteiger partial charge >= 0.3 is 0 Å². The lowest BCUT2D eigenvalue weighted by Crippen LogP contribution is -2.40. The molecule has 0 aliphatic carbocycles. The fourth-order valence-corrected chi connectivity index (χ4v) is 2.82. The number of nitrogens with one attached hydrogen (secondary N) is 1. The summed E-state index contributed by atoms with van der Waals surface area (Å²) in [5.41, 5.74) is 0.609. The summed E-state index contributed by atoms with van der Waals surface area (Å²) in [7, 11) is 0. The second-order valence-corrected chi connectivity index (χ2v) is 6.52. The molecule has 1 saturated heterocycles. The number of likely N-dealkylation sites (tertiary alicyclic amines) is 1. The molecule has 0 aromatic heterocycles. The van der Waals surface area contributed by atoms with Crippen LogP contribution in [0.15, 0.2) is 28.7 Å². The molecule has 21 heavy (non-hydrogen) atoms. The van der Waals surface area contributed by atoms with Crippen LogP contribution >= 0.6 is 15.9 Å². The minimum Gasteiger partial charge on any atom is -0.352 e. The van der Waals surface area contributed by atoms with Crippen LogP contribution in [0.3, 0.4) is 0 Å². The van der Waals surface area contributed by atoms with Gasteiger partial charge in [0.05, 0.1) is 0 Å². The van der Waals surface area contributed by atoms with Crippen LogP contribution in [0.1, 0.15) is 36.5 Å². The van der Waals surface area contributed by atoms with Gasteiger partial charge in [-0.3, -0.25) is 9.59 Å². The zero-order valence-corrected chi connectivity index (χ0v) is 13.9. The van der Waals surface area contributed by atoms with Crippen molar-refractivity contribution < 1.29 is 9.59 Å². The zero-order valence-electron chi connectivity index (χ0n) is 12.3. The summed E-state index contributed by atoms with van der Waals surface area (Å²) in [6.45, 7) is 4.26. The van der Waals surface area contributed by atoms with Crippen molar-refractivity contribution in [3.8, 4) is 0 Å². The first-order valence-corrected chi connectivity index (χ1v) is 8.17. The lowest BCUT2D eigenvalue weighted by molar-refractivity contribution is -0.132. The quantitative estimate of drug-likeness (QED) is 0.905. The van der Waals surface area contributed by atoms with Crippen molar-refractivity contribution in [1.29, 1.82) is 0 Å². The first-order chi connectivity index (χ1) is 10.1. The fourth-order valence-electron chi connectivity index (χ4n) is 2.56. The number of halogens is 1. The van der Waals surface area contributed by atoms with E-state index in [1.165, 1.54) is 6.42 Å². The number of amides is 2. The monoisotopic (exact) mass is 352 g/mol. The van der Waals surface area contributed by atoms with Gasteiger partial charge in [0, 0.05) is 36.1 Å². The number of piperidine rings is 1. The van der Waals surface area contributed by atoms with Gasteiger partial charge < -0.3 is 10.2 Å². The first kappa shape index (κ1) is 16.0. The molecule has 1 aromatic carbocycles. The molecule has 0 bridgehead atoms. The second-order valence-electron chi connectivity index (χ2n) is 5.60. The Kier molecular flexibility index (Phi) is 5.79. The molecular weight excluding hydrogens is 332 g/mol. The zero-order chi connectivity index (χ0) is 15.2. The summed E-state index contributed by atoms with van der Waals surface area (Å²) in [6, 6.07) is 7.17. The van der Waals surface area contributed by atoms with E-state index >= 15 is 0 Å². The minimum absolute atomic E-state index is 0.137. The van der Waals surface area contributed by atoms with Gasteiger partial charge in [0.25, 0.3) is 5.91 Å².